The molecular formula is C11H18O2. The van der Waals surface area contributed by atoms with Gasteiger partial charge in [-0.05, 0) is 55.3 Å². The lowest BCUT2D eigenvalue weighted by molar-refractivity contribution is 0.0638. The molecule has 3 aliphatic rings. The van der Waals surface area contributed by atoms with Crippen LogP contribution in [-0.2, 0) is 0 Å². The summed E-state index contributed by atoms with van der Waals surface area (Å²) in [5.74, 6) is 3.54. The van der Waals surface area contributed by atoms with Crippen LogP contribution < -0.4 is 0 Å². The van der Waals surface area contributed by atoms with E-state index in [-0.39, 0.29) is 6.10 Å². The Kier molecular flexibility index (Phi) is 1.72. The van der Waals surface area contributed by atoms with Crippen LogP contribution in [0.3, 0.4) is 0 Å². The van der Waals surface area contributed by atoms with Gasteiger partial charge in [0.2, 0.25) is 0 Å². The van der Waals surface area contributed by atoms with E-state index in [0.717, 1.165) is 24.2 Å². The predicted octanol–water partition coefficient (Wildman–Crippen LogP) is 1.02. The Morgan fingerprint density at radius 3 is 2.46 bits per heavy atom. The Balaban J connectivity index is 1.79. The molecule has 6 atom stereocenters. The summed E-state index contributed by atoms with van der Waals surface area (Å²) in [6.45, 7) is 0.364. The first kappa shape index (κ1) is 8.25. The molecule has 3 fully saturated rings. The second kappa shape index (κ2) is 2.71. The fourth-order valence-corrected chi connectivity index (χ4v) is 4.30. The lowest BCUT2D eigenvalue weighted by atomic mass is 9.80. The van der Waals surface area contributed by atoms with Gasteiger partial charge in [0.15, 0.2) is 0 Å². The summed E-state index contributed by atoms with van der Waals surface area (Å²) in [4.78, 5) is 0. The monoisotopic (exact) mass is 182 g/mol. The molecule has 2 heteroatoms. The lowest BCUT2D eigenvalue weighted by Gasteiger charge is -2.28. The van der Waals surface area contributed by atoms with E-state index >= 15 is 0 Å². The summed E-state index contributed by atoms with van der Waals surface area (Å²) in [5.41, 5.74) is 0. The van der Waals surface area contributed by atoms with Gasteiger partial charge in [-0.15, -0.1) is 0 Å². The second-order valence-electron chi connectivity index (χ2n) is 5.31. The van der Waals surface area contributed by atoms with Crippen LogP contribution in [0.4, 0.5) is 0 Å². The number of fused-ring (bicyclic) bond motifs is 5. The van der Waals surface area contributed by atoms with Crippen LogP contribution in [-0.4, -0.2) is 22.9 Å². The van der Waals surface area contributed by atoms with E-state index in [1.807, 2.05) is 0 Å². The van der Waals surface area contributed by atoms with Crippen LogP contribution >= 0.6 is 0 Å². The maximum Gasteiger partial charge on any atom is 0.0574 e. The predicted molar refractivity (Wildman–Crippen MR) is 49.0 cm³/mol. The highest BCUT2D eigenvalue weighted by Crippen LogP contribution is 2.59. The van der Waals surface area contributed by atoms with E-state index in [2.05, 4.69) is 0 Å². The number of hydrogen-bond acceptors (Lipinski definition) is 2. The molecular weight excluding hydrogens is 164 g/mol. The highest BCUT2D eigenvalue weighted by atomic mass is 16.3. The van der Waals surface area contributed by atoms with Crippen molar-refractivity contribution < 1.29 is 10.2 Å². The first-order valence-corrected chi connectivity index (χ1v) is 5.58. The fraction of sp³-hybridized carbons (Fsp3) is 1.00. The molecule has 3 saturated carbocycles. The summed E-state index contributed by atoms with van der Waals surface area (Å²) >= 11 is 0. The third kappa shape index (κ3) is 1.02. The molecule has 0 aliphatic heterocycles. The highest BCUT2D eigenvalue weighted by molar-refractivity contribution is 5.04. The smallest absolute Gasteiger partial charge is 0.0574 e. The van der Waals surface area contributed by atoms with Gasteiger partial charge in [0.05, 0.1) is 6.10 Å². The zero-order valence-corrected chi connectivity index (χ0v) is 7.89. The molecule has 3 rings (SSSR count). The van der Waals surface area contributed by atoms with E-state index in [0.29, 0.717) is 18.4 Å². The molecule has 0 saturated heterocycles. The van der Waals surface area contributed by atoms with E-state index in [9.17, 15) is 5.11 Å². The molecule has 2 nitrogen and oxygen atoms in total. The van der Waals surface area contributed by atoms with Crippen LogP contribution in [0.15, 0.2) is 0 Å². The Labute approximate surface area is 79.0 Å². The standard InChI is InChI=1S/C11H18O2/c12-5-6-1-8-7-3-10(9(8)2-6)11(13)4-7/h6-13H,1-5H2/t6-,7+,8-,9+,10-,11+/m0/s1. The molecule has 0 heterocycles. The molecule has 0 aromatic heterocycles. The number of hydrogen-bond donors (Lipinski definition) is 2. The van der Waals surface area contributed by atoms with Crippen LogP contribution in [0.2, 0.25) is 0 Å². The van der Waals surface area contributed by atoms with E-state index in [1.54, 1.807) is 0 Å². The zero-order valence-electron chi connectivity index (χ0n) is 7.89. The molecule has 0 unspecified atom stereocenters. The minimum absolute atomic E-state index is 0.0105. The van der Waals surface area contributed by atoms with Crippen LogP contribution in [0.5, 0.6) is 0 Å². The topological polar surface area (TPSA) is 40.5 Å². The van der Waals surface area contributed by atoms with Crippen LogP contribution in [0.1, 0.15) is 25.7 Å². The summed E-state index contributed by atoms with van der Waals surface area (Å²) in [5, 5.41) is 18.9. The van der Waals surface area contributed by atoms with Crippen molar-refractivity contribution in [1.29, 1.82) is 0 Å². The Hall–Kier alpha value is -0.0800. The molecule has 2 bridgehead atoms. The van der Waals surface area contributed by atoms with Gasteiger partial charge < -0.3 is 10.2 Å². The third-order valence-corrected chi connectivity index (χ3v) is 4.79. The van der Waals surface area contributed by atoms with Crippen molar-refractivity contribution in [3.63, 3.8) is 0 Å². The molecule has 3 aliphatic carbocycles. The molecule has 13 heavy (non-hydrogen) atoms. The quantitative estimate of drug-likeness (QED) is 0.635. The SMILES string of the molecule is OC[C@@H]1C[C@@H]2[C@@H](C1)[C@@H]1C[C@@H]2[C@H](O)C1. The zero-order chi connectivity index (χ0) is 9.00. The normalized spacial score (nSPS) is 58.6. The van der Waals surface area contributed by atoms with Crippen molar-refractivity contribution in [2.75, 3.05) is 6.61 Å². The first-order chi connectivity index (χ1) is 6.29. The third-order valence-electron chi connectivity index (χ3n) is 4.79. The highest BCUT2D eigenvalue weighted by Gasteiger charge is 2.55. The maximum absolute atomic E-state index is 9.76. The fourth-order valence-electron chi connectivity index (χ4n) is 4.30. The van der Waals surface area contributed by atoms with Gasteiger partial charge in [-0.25, -0.2) is 0 Å². The summed E-state index contributed by atoms with van der Waals surface area (Å²) in [6, 6.07) is 0. The van der Waals surface area contributed by atoms with E-state index in [4.69, 9.17) is 5.11 Å². The van der Waals surface area contributed by atoms with Crippen LogP contribution in [0.25, 0.3) is 0 Å². The molecule has 0 amide bonds. The minimum Gasteiger partial charge on any atom is -0.396 e. The summed E-state index contributed by atoms with van der Waals surface area (Å²) in [6.07, 6.45) is 4.72. The Morgan fingerprint density at radius 1 is 0.923 bits per heavy atom. The first-order valence-electron chi connectivity index (χ1n) is 5.58. The molecule has 0 radical (unpaired) electrons. The van der Waals surface area contributed by atoms with Gasteiger partial charge in [-0.2, -0.15) is 0 Å². The Bertz CT molecular complexity index is 216. The van der Waals surface area contributed by atoms with Gasteiger partial charge in [-0.1, -0.05) is 0 Å². The maximum atomic E-state index is 9.76. The number of aliphatic hydroxyl groups excluding tert-OH is 2. The minimum atomic E-state index is -0.0105. The van der Waals surface area contributed by atoms with Crippen molar-refractivity contribution >= 4 is 0 Å². The number of rotatable bonds is 1. The van der Waals surface area contributed by atoms with Crippen LogP contribution in [0, 0.1) is 29.6 Å². The van der Waals surface area contributed by atoms with Gasteiger partial charge in [0, 0.05) is 6.61 Å². The second-order valence-corrected chi connectivity index (χ2v) is 5.31. The average molecular weight is 182 g/mol. The van der Waals surface area contributed by atoms with Gasteiger partial charge in [0.1, 0.15) is 0 Å². The average Bonchev–Trinajstić information content (AvgIpc) is 2.71. The van der Waals surface area contributed by atoms with E-state index < -0.39 is 0 Å². The van der Waals surface area contributed by atoms with Crippen molar-refractivity contribution in [3.8, 4) is 0 Å². The van der Waals surface area contributed by atoms with E-state index in [1.165, 1.54) is 19.3 Å². The Morgan fingerprint density at radius 2 is 1.69 bits per heavy atom. The number of aliphatic hydroxyl groups is 2. The van der Waals surface area contributed by atoms with Gasteiger partial charge in [-0.3, -0.25) is 0 Å². The molecule has 0 aromatic carbocycles. The van der Waals surface area contributed by atoms with Crippen molar-refractivity contribution in [3.05, 3.63) is 0 Å². The summed E-state index contributed by atoms with van der Waals surface area (Å²) in [7, 11) is 0. The van der Waals surface area contributed by atoms with Crippen molar-refractivity contribution in [1.82, 2.24) is 0 Å². The van der Waals surface area contributed by atoms with Crippen molar-refractivity contribution in [2.45, 2.75) is 31.8 Å². The molecule has 74 valence electrons. The van der Waals surface area contributed by atoms with Gasteiger partial charge >= 0.3 is 0 Å². The summed E-state index contributed by atoms with van der Waals surface area (Å²) < 4.78 is 0. The van der Waals surface area contributed by atoms with Gasteiger partial charge in [0.25, 0.3) is 0 Å². The largest absolute Gasteiger partial charge is 0.396 e. The molecule has 2 N–H and O–H groups in total. The molecule has 0 spiro atoms. The lowest BCUT2D eigenvalue weighted by Crippen LogP contribution is -2.27. The van der Waals surface area contributed by atoms with Crippen molar-refractivity contribution in [2.24, 2.45) is 29.6 Å². The molecule has 0 aromatic rings.